The van der Waals surface area contributed by atoms with E-state index < -0.39 is 24.0 Å². The molecule has 0 radical (unpaired) electrons. The van der Waals surface area contributed by atoms with Gasteiger partial charge in [-0.15, -0.1) is 0 Å². The van der Waals surface area contributed by atoms with E-state index in [0.717, 1.165) is 24.8 Å². The Balaban J connectivity index is 1.46. The van der Waals surface area contributed by atoms with Crippen LogP contribution in [0.3, 0.4) is 0 Å². The highest BCUT2D eigenvalue weighted by molar-refractivity contribution is 6.29. The van der Waals surface area contributed by atoms with Crippen LogP contribution in [-0.4, -0.2) is 57.6 Å². The molecule has 36 heavy (non-hydrogen) atoms. The third-order valence-corrected chi connectivity index (χ3v) is 7.09. The molecule has 0 saturated carbocycles. The Morgan fingerprint density at radius 2 is 2.00 bits per heavy atom. The summed E-state index contributed by atoms with van der Waals surface area (Å²) in [5.74, 6) is -1.68. The Labute approximate surface area is 210 Å². The number of hydrogen-bond donors (Lipinski definition) is 1. The van der Waals surface area contributed by atoms with Crippen molar-refractivity contribution in [3.8, 4) is 0 Å². The molecule has 2 aliphatic heterocycles. The number of nitrogens with zero attached hydrogens (tertiary/aromatic N) is 5. The lowest BCUT2D eigenvalue weighted by Gasteiger charge is -2.35. The summed E-state index contributed by atoms with van der Waals surface area (Å²) in [6.07, 6.45) is -2.26. The zero-order valence-corrected chi connectivity index (χ0v) is 20.3. The molecular weight excluding hydrogens is 497 g/mol. The minimum Gasteiger partial charge on any atom is -0.355 e. The van der Waals surface area contributed by atoms with Crippen molar-refractivity contribution in [2.45, 2.75) is 37.9 Å². The van der Waals surface area contributed by atoms with Crippen LogP contribution >= 0.6 is 11.6 Å². The lowest BCUT2D eigenvalue weighted by Crippen LogP contribution is -2.43. The van der Waals surface area contributed by atoms with Gasteiger partial charge in [-0.05, 0) is 24.1 Å². The summed E-state index contributed by atoms with van der Waals surface area (Å²) >= 11 is 6.08. The molecule has 3 aromatic rings. The summed E-state index contributed by atoms with van der Waals surface area (Å²) < 4.78 is 44.0. The Bertz CT molecular complexity index is 1330. The molecule has 1 fully saturated rings. The highest BCUT2D eigenvalue weighted by Crippen LogP contribution is 2.41. The lowest BCUT2D eigenvalue weighted by atomic mass is 9.96. The molecule has 1 N–H and O–H groups in total. The Kier molecular flexibility index (Phi) is 6.06. The molecule has 4 heterocycles. The Hall–Kier alpha value is -3.34. The van der Waals surface area contributed by atoms with E-state index in [0.29, 0.717) is 27.9 Å². The smallest absolute Gasteiger partial charge is 0.355 e. The van der Waals surface area contributed by atoms with Gasteiger partial charge in [-0.25, -0.2) is 9.50 Å². The molecule has 2 amide bonds. The number of aromatic nitrogens is 3. The molecule has 1 saturated heterocycles. The molecule has 0 aliphatic carbocycles. The van der Waals surface area contributed by atoms with Crippen LogP contribution in [0.15, 0.2) is 36.5 Å². The van der Waals surface area contributed by atoms with Gasteiger partial charge in [-0.2, -0.15) is 18.3 Å². The number of rotatable bonds is 4. The van der Waals surface area contributed by atoms with Gasteiger partial charge < -0.3 is 15.1 Å². The van der Waals surface area contributed by atoms with Gasteiger partial charge in [-0.1, -0.05) is 30.7 Å². The molecule has 12 heteroatoms. The average Bonchev–Trinajstić information content (AvgIpc) is 3.43. The molecule has 0 unspecified atom stereocenters. The monoisotopic (exact) mass is 520 g/mol. The summed E-state index contributed by atoms with van der Waals surface area (Å²) in [4.78, 5) is 31.3. The predicted molar refractivity (Wildman–Crippen MR) is 127 cm³/mol. The average molecular weight is 521 g/mol. The fourth-order valence-electron chi connectivity index (χ4n) is 5.10. The van der Waals surface area contributed by atoms with E-state index in [4.69, 9.17) is 11.6 Å². The van der Waals surface area contributed by atoms with Gasteiger partial charge in [0.2, 0.25) is 11.8 Å². The zero-order valence-electron chi connectivity index (χ0n) is 19.6. The fraction of sp³-hybridized carbons (Fsp3) is 0.417. The second kappa shape index (κ2) is 8.95. The first-order valence-corrected chi connectivity index (χ1v) is 11.9. The van der Waals surface area contributed by atoms with Gasteiger partial charge in [0.25, 0.3) is 0 Å². The fourth-order valence-corrected chi connectivity index (χ4v) is 5.27. The minimum absolute atomic E-state index is 0.0427. The first-order valence-electron chi connectivity index (χ1n) is 11.6. The van der Waals surface area contributed by atoms with Crippen LogP contribution in [0.1, 0.15) is 43.0 Å². The Morgan fingerprint density at radius 1 is 1.28 bits per heavy atom. The van der Waals surface area contributed by atoms with Crippen LogP contribution in [0, 0.1) is 5.92 Å². The van der Waals surface area contributed by atoms with Gasteiger partial charge in [-0.3, -0.25) is 9.59 Å². The van der Waals surface area contributed by atoms with Crippen LogP contribution in [0.5, 0.6) is 0 Å². The number of nitrogens with one attached hydrogen (secondary N) is 1. The van der Waals surface area contributed by atoms with Crippen molar-refractivity contribution in [2.24, 2.45) is 5.92 Å². The van der Waals surface area contributed by atoms with E-state index in [1.54, 1.807) is 28.9 Å². The van der Waals surface area contributed by atoms with E-state index in [1.807, 2.05) is 4.90 Å². The number of halogens is 4. The molecule has 190 valence electrons. The predicted octanol–water partition coefficient (Wildman–Crippen LogP) is 4.23. The maximum Gasteiger partial charge on any atom is 0.413 e. The largest absolute Gasteiger partial charge is 0.413 e. The van der Waals surface area contributed by atoms with Gasteiger partial charge in [0.15, 0.2) is 16.8 Å². The summed E-state index contributed by atoms with van der Waals surface area (Å²) in [5, 5.41) is 7.18. The molecule has 5 rings (SSSR count). The van der Waals surface area contributed by atoms with Gasteiger partial charge >= 0.3 is 6.18 Å². The highest BCUT2D eigenvalue weighted by atomic mass is 35.5. The van der Waals surface area contributed by atoms with Gasteiger partial charge in [0, 0.05) is 44.2 Å². The number of fused-ring (bicyclic) bond motifs is 3. The molecular formula is C24H24ClF3N6O2. The van der Waals surface area contributed by atoms with Crippen molar-refractivity contribution in [1.29, 1.82) is 0 Å². The van der Waals surface area contributed by atoms with Crippen molar-refractivity contribution in [2.75, 3.05) is 25.0 Å². The molecule has 3 atom stereocenters. The van der Waals surface area contributed by atoms with Crippen molar-refractivity contribution >= 4 is 40.4 Å². The third kappa shape index (κ3) is 4.25. The van der Waals surface area contributed by atoms with Crippen molar-refractivity contribution in [3.63, 3.8) is 0 Å². The van der Waals surface area contributed by atoms with Gasteiger partial charge in [0.1, 0.15) is 0 Å². The molecule has 1 aromatic carbocycles. The quantitative estimate of drug-likeness (QED) is 0.557. The summed E-state index contributed by atoms with van der Waals surface area (Å²) in [6.45, 7) is 2.78. The third-order valence-electron chi connectivity index (χ3n) is 6.91. The second-order valence-electron chi connectivity index (χ2n) is 9.30. The number of alkyl halides is 3. The number of anilines is 2. The standard InChI is InChI=1S/C24H24ClF3N6O2/c1-13-7-8-33(17-12-29-19-10-18(25)31-34(19)21(13)17)16-5-3-14(4-6-16)22(24(26,27)28)32(2)23(36)15-9-20(35)30-11-15/h3-6,10,12-13,15,22H,7-9,11H2,1-2H3,(H,30,35)/t13-,15+,22-/m0/s1. The number of carbonyl (C=O) groups is 2. The topological polar surface area (TPSA) is 82.8 Å². The van der Waals surface area contributed by atoms with E-state index in [-0.39, 0.29) is 30.4 Å². The van der Waals surface area contributed by atoms with Crippen LogP contribution in [0.2, 0.25) is 5.15 Å². The molecule has 2 aliphatic rings. The summed E-state index contributed by atoms with van der Waals surface area (Å²) in [7, 11) is 1.13. The van der Waals surface area contributed by atoms with E-state index in [1.165, 1.54) is 12.1 Å². The first-order chi connectivity index (χ1) is 17.0. The number of amides is 2. The van der Waals surface area contributed by atoms with Crippen LogP contribution in [0.4, 0.5) is 24.5 Å². The SMILES string of the molecule is C[C@H]1CCN(c2ccc([C@H](N(C)C(=O)[C@H]3CNC(=O)C3)C(F)(F)F)cc2)c2cnc3cc(Cl)nn3c21. The van der Waals surface area contributed by atoms with Crippen LogP contribution in [-0.2, 0) is 9.59 Å². The van der Waals surface area contributed by atoms with Crippen molar-refractivity contribution < 1.29 is 22.8 Å². The maximum absolute atomic E-state index is 14.1. The Morgan fingerprint density at radius 3 is 2.64 bits per heavy atom. The normalized spacial score (nSPS) is 20.8. The van der Waals surface area contributed by atoms with E-state index in [2.05, 4.69) is 22.3 Å². The second-order valence-corrected chi connectivity index (χ2v) is 9.68. The summed E-state index contributed by atoms with van der Waals surface area (Å²) in [5.41, 5.74) is 3.01. The lowest BCUT2D eigenvalue weighted by molar-refractivity contribution is -0.190. The maximum atomic E-state index is 14.1. The van der Waals surface area contributed by atoms with Crippen molar-refractivity contribution in [3.05, 3.63) is 52.9 Å². The van der Waals surface area contributed by atoms with Crippen molar-refractivity contribution in [1.82, 2.24) is 24.8 Å². The molecule has 2 aromatic heterocycles. The summed E-state index contributed by atoms with van der Waals surface area (Å²) in [6, 6.07) is 5.57. The zero-order chi connectivity index (χ0) is 25.8. The molecule has 8 nitrogen and oxygen atoms in total. The highest BCUT2D eigenvalue weighted by Gasteiger charge is 2.47. The first kappa shape index (κ1) is 24.4. The van der Waals surface area contributed by atoms with Crippen LogP contribution in [0.25, 0.3) is 5.65 Å². The minimum atomic E-state index is -4.69. The van der Waals surface area contributed by atoms with Gasteiger partial charge in [0.05, 0.1) is 23.5 Å². The van der Waals surface area contributed by atoms with Crippen LogP contribution < -0.4 is 10.2 Å². The van der Waals surface area contributed by atoms with E-state index >= 15 is 0 Å². The number of benzene rings is 1. The molecule has 0 bridgehead atoms. The number of carbonyl (C=O) groups excluding carboxylic acids is 2. The van der Waals surface area contributed by atoms with E-state index in [9.17, 15) is 22.8 Å². The molecule has 0 spiro atoms. The number of hydrogen-bond acceptors (Lipinski definition) is 5.